The molecule has 3 atom stereocenters. The van der Waals surface area contributed by atoms with Gasteiger partial charge in [-0.15, -0.1) is 0 Å². The van der Waals surface area contributed by atoms with Crippen molar-refractivity contribution < 1.29 is 22.7 Å². The first-order chi connectivity index (χ1) is 15.2. The number of carbonyl (C=O) groups excluding carboxylic acids is 2. The van der Waals surface area contributed by atoms with Crippen molar-refractivity contribution in [1.29, 1.82) is 0 Å². The number of primary amides is 1. The second-order valence-corrected chi connectivity index (χ2v) is 12.2. The van der Waals surface area contributed by atoms with Gasteiger partial charge in [-0.05, 0) is 74.1 Å². The molecule has 4 aliphatic carbocycles. The Balaban J connectivity index is 1.27. The summed E-state index contributed by atoms with van der Waals surface area (Å²) in [6, 6.07) is 5.98. The number of hydrogen-bond acceptors (Lipinski definition) is 5. The lowest BCUT2D eigenvalue weighted by Crippen LogP contribution is -2.63. The molecule has 2 amide bonds. The van der Waals surface area contributed by atoms with Gasteiger partial charge >= 0.3 is 0 Å². The Labute approximate surface area is 192 Å². The van der Waals surface area contributed by atoms with E-state index < -0.39 is 21.5 Å². The number of nitrogens with two attached hydrogens (primary N) is 1. The minimum Gasteiger partial charge on any atom is -0.369 e. The minimum absolute atomic E-state index is 0.0154. The summed E-state index contributed by atoms with van der Waals surface area (Å²) in [5.74, 6) is 0.469. The molecule has 1 aromatic carbocycles. The fourth-order valence-corrected chi connectivity index (χ4v) is 8.13. The number of benzene rings is 1. The fraction of sp³-hybridized carbons (Fsp3) is 0.636. The number of hydrogen-bond donors (Lipinski definition) is 2. The van der Waals surface area contributed by atoms with E-state index in [9.17, 15) is 18.0 Å². The fourth-order valence-electron chi connectivity index (χ4n) is 6.58. The van der Waals surface area contributed by atoms with Crippen molar-refractivity contribution >= 4 is 33.4 Å². The zero-order chi connectivity index (χ0) is 22.7. The third-order valence-electron chi connectivity index (χ3n) is 7.88. The van der Waals surface area contributed by atoms with E-state index in [-0.39, 0.29) is 54.3 Å². The molecule has 5 fully saturated rings. The molecule has 1 aliphatic heterocycles. The predicted molar refractivity (Wildman–Crippen MR) is 117 cm³/mol. The smallest absolute Gasteiger partial charge is 0.250 e. The molecule has 0 aromatic heterocycles. The van der Waals surface area contributed by atoms with Crippen molar-refractivity contribution in [2.24, 2.45) is 28.9 Å². The number of amides is 2. The van der Waals surface area contributed by atoms with Crippen LogP contribution in [0.2, 0.25) is 5.02 Å². The molecule has 8 nitrogen and oxygen atoms in total. The molecule has 3 N–H and O–H groups in total. The molecule has 10 heteroatoms. The maximum Gasteiger partial charge on any atom is 0.250 e. The third-order valence-corrected chi connectivity index (χ3v) is 10.0. The van der Waals surface area contributed by atoms with Gasteiger partial charge in [0.2, 0.25) is 15.9 Å². The van der Waals surface area contributed by atoms with Crippen LogP contribution in [0.1, 0.15) is 32.1 Å². The number of halogens is 1. The molecule has 0 radical (unpaired) electrons. The largest absolute Gasteiger partial charge is 0.369 e. The molecular weight excluding hydrogens is 454 g/mol. The summed E-state index contributed by atoms with van der Waals surface area (Å²) in [6.07, 6.45) is 3.46. The van der Waals surface area contributed by atoms with Crippen molar-refractivity contribution in [3.63, 3.8) is 0 Å². The maximum absolute atomic E-state index is 13.1. The zero-order valence-corrected chi connectivity index (χ0v) is 19.3. The van der Waals surface area contributed by atoms with Crippen LogP contribution in [0, 0.1) is 23.2 Å². The van der Waals surface area contributed by atoms with E-state index in [4.69, 9.17) is 22.1 Å². The molecule has 174 valence electrons. The first-order valence-electron chi connectivity index (χ1n) is 11.2. The Kier molecular flexibility index (Phi) is 5.51. The van der Waals surface area contributed by atoms with Crippen LogP contribution in [0.3, 0.4) is 0 Å². The first kappa shape index (κ1) is 22.1. The topological polar surface area (TPSA) is 119 Å². The highest BCUT2D eigenvalue weighted by Crippen LogP contribution is 2.59. The Morgan fingerprint density at radius 1 is 1.12 bits per heavy atom. The Morgan fingerprint density at radius 2 is 1.78 bits per heavy atom. The second kappa shape index (κ2) is 7.97. The van der Waals surface area contributed by atoms with Crippen molar-refractivity contribution in [2.45, 2.75) is 49.1 Å². The number of carbonyl (C=O) groups is 2. The van der Waals surface area contributed by atoms with Crippen LogP contribution in [0.25, 0.3) is 0 Å². The molecule has 3 unspecified atom stereocenters. The lowest BCUT2D eigenvalue weighted by Gasteiger charge is -2.59. The standard InChI is InChI=1S/C22H28ClN3O5S/c23-16-1-3-17(4-2-16)32(29,30)26-5-6-31-18(12-26)20(27)25-19-14-7-13-8-15(19)11-22(9-13,10-14)21(24)28/h1-4,13-15,18-19H,5-12H2,(H2,24,28)(H,25,27). The van der Waals surface area contributed by atoms with Gasteiger partial charge in [-0.2, -0.15) is 4.31 Å². The number of ether oxygens (including phenoxy) is 1. The van der Waals surface area contributed by atoms with Crippen molar-refractivity contribution in [2.75, 3.05) is 19.7 Å². The van der Waals surface area contributed by atoms with E-state index in [1.807, 2.05) is 0 Å². The summed E-state index contributed by atoms with van der Waals surface area (Å²) in [5, 5.41) is 3.61. The van der Waals surface area contributed by atoms with E-state index in [1.165, 1.54) is 28.6 Å². The summed E-state index contributed by atoms with van der Waals surface area (Å²) in [5.41, 5.74) is 5.34. The summed E-state index contributed by atoms with van der Waals surface area (Å²) < 4.78 is 33.0. The SMILES string of the molecule is NC(=O)C12CC3CC(C1)C(NC(=O)C1CN(S(=O)(=O)c4ccc(Cl)cc4)CCO1)C(C3)C2. The Hall–Kier alpha value is -1.68. The van der Waals surface area contributed by atoms with Crippen molar-refractivity contribution in [1.82, 2.24) is 9.62 Å². The number of morpholine rings is 1. The summed E-state index contributed by atoms with van der Waals surface area (Å²) in [7, 11) is -3.75. The van der Waals surface area contributed by atoms with Gasteiger partial charge in [0.25, 0.3) is 5.91 Å². The predicted octanol–water partition coefficient (Wildman–Crippen LogP) is 1.53. The lowest BCUT2D eigenvalue weighted by molar-refractivity contribution is -0.150. The lowest BCUT2D eigenvalue weighted by atomic mass is 9.47. The highest BCUT2D eigenvalue weighted by molar-refractivity contribution is 7.89. The summed E-state index contributed by atoms with van der Waals surface area (Å²) in [4.78, 5) is 25.4. The molecule has 6 rings (SSSR count). The van der Waals surface area contributed by atoms with Crippen molar-refractivity contribution in [3.05, 3.63) is 29.3 Å². The quantitative estimate of drug-likeness (QED) is 0.661. The zero-order valence-electron chi connectivity index (χ0n) is 17.7. The third kappa shape index (κ3) is 3.73. The molecule has 4 bridgehead atoms. The number of nitrogens with zero attached hydrogens (tertiary/aromatic N) is 1. The van der Waals surface area contributed by atoms with Gasteiger partial charge in [0.1, 0.15) is 6.10 Å². The summed E-state index contributed by atoms with van der Waals surface area (Å²) in [6.45, 7) is 0.300. The molecule has 4 saturated carbocycles. The minimum atomic E-state index is -3.75. The monoisotopic (exact) mass is 481 g/mol. The normalized spacial score (nSPS) is 36.7. The molecule has 32 heavy (non-hydrogen) atoms. The molecule has 1 heterocycles. The van der Waals surface area contributed by atoms with E-state index in [0.717, 1.165) is 32.1 Å². The maximum atomic E-state index is 13.1. The Morgan fingerprint density at radius 3 is 2.41 bits per heavy atom. The van der Waals surface area contributed by atoms with Crippen LogP contribution in [0.4, 0.5) is 0 Å². The number of sulfonamides is 1. The van der Waals surface area contributed by atoms with Crippen LogP contribution in [-0.4, -0.2) is 56.4 Å². The van der Waals surface area contributed by atoms with Crippen LogP contribution in [0.5, 0.6) is 0 Å². The van der Waals surface area contributed by atoms with Gasteiger partial charge in [0.05, 0.1) is 11.5 Å². The second-order valence-electron chi connectivity index (χ2n) is 9.83. The first-order valence-corrected chi connectivity index (χ1v) is 13.0. The average Bonchev–Trinajstić information content (AvgIpc) is 2.76. The van der Waals surface area contributed by atoms with E-state index in [2.05, 4.69) is 5.32 Å². The number of nitrogens with one attached hydrogen (secondary N) is 1. The van der Waals surface area contributed by atoms with E-state index >= 15 is 0 Å². The van der Waals surface area contributed by atoms with Crippen LogP contribution < -0.4 is 11.1 Å². The van der Waals surface area contributed by atoms with Gasteiger partial charge in [0, 0.05) is 29.6 Å². The van der Waals surface area contributed by atoms with Crippen LogP contribution in [0.15, 0.2) is 29.2 Å². The Bertz CT molecular complexity index is 1010. The molecule has 0 spiro atoms. The van der Waals surface area contributed by atoms with Gasteiger partial charge in [-0.1, -0.05) is 11.6 Å². The molecule has 1 aromatic rings. The van der Waals surface area contributed by atoms with E-state index in [1.54, 1.807) is 0 Å². The molecular formula is C22H28ClN3O5S. The van der Waals surface area contributed by atoms with Crippen LogP contribution in [-0.2, 0) is 24.3 Å². The highest BCUT2D eigenvalue weighted by Gasteiger charge is 2.58. The van der Waals surface area contributed by atoms with Crippen LogP contribution >= 0.6 is 11.6 Å². The summed E-state index contributed by atoms with van der Waals surface area (Å²) >= 11 is 5.88. The number of rotatable bonds is 5. The highest BCUT2D eigenvalue weighted by atomic mass is 35.5. The molecule has 5 aliphatic rings. The van der Waals surface area contributed by atoms with E-state index in [0.29, 0.717) is 10.9 Å². The van der Waals surface area contributed by atoms with Gasteiger partial charge < -0.3 is 15.8 Å². The van der Waals surface area contributed by atoms with Gasteiger partial charge in [-0.25, -0.2) is 8.42 Å². The average molecular weight is 482 g/mol. The molecule has 1 saturated heterocycles. The van der Waals surface area contributed by atoms with Gasteiger partial charge in [0.15, 0.2) is 0 Å². The van der Waals surface area contributed by atoms with Crippen molar-refractivity contribution in [3.8, 4) is 0 Å². The van der Waals surface area contributed by atoms with Gasteiger partial charge in [-0.3, -0.25) is 9.59 Å².